The smallest absolute Gasteiger partial charge is 0.324 e. The molecule has 2 rings (SSSR count). The normalized spacial score (nSPS) is 12.3. The Balaban J connectivity index is 1.98. The first-order valence-electron chi connectivity index (χ1n) is 9.03. The van der Waals surface area contributed by atoms with Crippen molar-refractivity contribution in [2.75, 3.05) is 0 Å². The quantitative estimate of drug-likeness (QED) is 0.720. The van der Waals surface area contributed by atoms with Gasteiger partial charge in [0.15, 0.2) is 0 Å². The fourth-order valence-corrected chi connectivity index (χ4v) is 2.45. The number of rotatable bonds is 8. The molecule has 0 aliphatic carbocycles. The molecular weight excluding hydrogens is 342 g/mol. The number of ether oxygens (including phenoxy) is 2. The minimum Gasteiger partial charge on any atom is -0.460 e. The largest absolute Gasteiger partial charge is 0.460 e. The lowest BCUT2D eigenvalue weighted by atomic mass is 10.1. The van der Waals surface area contributed by atoms with Crippen molar-refractivity contribution in [3.05, 3.63) is 71.8 Å². The van der Waals surface area contributed by atoms with Gasteiger partial charge in [-0.25, -0.2) is 0 Å². The fraction of sp³-hybridized carbons (Fsp3) is 0.364. The molecule has 0 bridgehead atoms. The predicted octanol–water partition coefficient (Wildman–Crippen LogP) is 3.62. The van der Waals surface area contributed by atoms with Crippen molar-refractivity contribution in [2.45, 2.75) is 52.0 Å². The van der Waals surface area contributed by atoms with Crippen LogP contribution in [-0.4, -0.2) is 23.6 Å². The van der Waals surface area contributed by atoms with Crippen LogP contribution in [0.15, 0.2) is 60.7 Å². The van der Waals surface area contributed by atoms with Gasteiger partial charge in [-0.05, 0) is 31.9 Å². The summed E-state index contributed by atoms with van der Waals surface area (Å²) in [6.45, 7) is 6.01. The Bertz CT molecular complexity index is 723. The van der Waals surface area contributed by atoms with Crippen molar-refractivity contribution < 1.29 is 19.1 Å². The summed E-state index contributed by atoms with van der Waals surface area (Å²) < 4.78 is 10.7. The Labute approximate surface area is 160 Å². The minimum absolute atomic E-state index is 0.0856. The van der Waals surface area contributed by atoms with Gasteiger partial charge in [-0.15, -0.1) is 0 Å². The molecule has 2 aromatic carbocycles. The van der Waals surface area contributed by atoms with Gasteiger partial charge in [-0.3, -0.25) is 14.9 Å². The summed E-state index contributed by atoms with van der Waals surface area (Å²) in [6.07, 6.45) is -0.0856. The summed E-state index contributed by atoms with van der Waals surface area (Å²) in [7, 11) is 0. The highest BCUT2D eigenvalue weighted by Gasteiger charge is 2.26. The maximum atomic E-state index is 12.5. The summed E-state index contributed by atoms with van der Waals surface area (Å²) in [5.74, 6) is -0.912. The lowest BCUT2D eigenvalue weighted by Crippen LogP contribution is -2.40. The van der Waals surface area contributed by atoms with E-state index in [0.29, 0.717) is 6.54 Å². The molecule has 0 aliphatic heterocycles. The molecule has 1 N–H and O–H groups in total. The van der Waals surface area contributed by atoms with Crippen LogP contribution in [-0.2, 0) is 32.2 Å². The van der Waals surface area contributed by atoms with Crippen molar-refractivity contribution >= 4 is 11.9 Å². The number of esters is 2. The summed E-state index contributed by atoms with van der Waals surface area (Å²) in [4.78, 5) is 24.7. The van der Waals surface area contributed by atoms with Crippen LogP contribution in [0.3, 0.4) is 0 Å². The second-order valence-electron chi connectivity index (χ2n) is 7.30. The second-order valence-corrected chi connectivity index (χ2v) is 7.30. The molecule has 0 saturated carbocycles. The van der Waals surface area contributed by atoms with E-state index in [-0.39, 0.29) is 13.0 Å². The van der Waals surface area contributed by atoms with Crippen molar-refractivity contribution in [1.29, 1.82) is 0 Å². The SMILES string of the molecule is CC(C)(C)OC(=O)C[C@H](NCc1ccccc1)C(=O)OCc1ccccc1. The first-order chi connectivity index (χ1) is 12.8. The van der Waals surface area contributed by atoms with E-state index in [2.05, 4.69) is 5.32 Å². The van der Waals surface area contributed by atoms with E-state index < -0.39 is 23.6 Å². The van der Waals surface area contributed by atoms with Crippen LogP contribution in [0.25, 0.3) is 0 Å². The molecule has 0 amide bonds. The third-order valence-electron chi connectivity index (χ3n) is 3.69. The summed E-state index contributed by atoms with van der Waals surface area (Å²) >= 11 is 0. The van der Waals surface area contributed by atoms with Crippen LogP contribution in [0.1, 0.15) is 38.3 Å². The molecule has 0 saturated heterocycles. The lowest BCUT2D eigenvalue weighted by molar-refractivity contribution is -0.160. The number of hydrogen-bond donors (Lipinski definition) is 1. The molecule has 5 nitrogen and oxygen atoms in total. The van der Waals surface area contributed by atoms with Crippen molar-refractivity contribution in [3.63, 3.8) is 0 Å². The Morgan fingerprint density at radius 2 is 1.48 bits per heavy atom. The second kappa shape index (κ2) is 9.88. The Hall–Kier alpha value is -2.66. The molecule has 0 radical (unpaired) electrons. The molecule has 0 heterocycles. The van der Waals surface area contributed by atoms with Gasteiger partial charge in [0.25, 0.3) is 0 Å². The lowest BCUT2D eigenvalue weighted by Gasteiger charge is -2.22. The van der Waals surface area contributed by atoms with E-state index in [1.165, 1.54) is 0 Å². The maximum absolute atomic E-state index is 12.5. The molecule has 5 heteroatoms. The number of nitrogens with one attached hydrogen (secondary N) is 1. The number of hydrogen-bond acceptors (Lipinski definition) is 5. The van der Waals surface area contributed by atoms with E-state index in [0.717, 1.165) is 11.1 Å². The Morgan fingerprint density at radius 1 is 0.926 bits per heavy atom. The van der Waals surface area contributed by atoms with Gasteiger partial charge in [-0.1, -0.05) is 60.7 Å². The first-order valence-corrected chi connectivity index (χ1v) is 9.03. The van der Waals surface area contributed by atoms with E-state index in [1.807, 2.05) is 60.7 Å². The molecule has 27 heavy (non-hydrogen) atoms. The van der Waals surface area contributed by atoms with Crippen LogP contribution in [0, 0.1) is 0 Å². The van der Waals surface area contributed by atoms with E-state index in [9.17, 15) is 9.59 Å². The van der Waals surface area contributed by atoms with Crippen LogP contribution in [0.2, 0.25) is 0 Å². The summed E-state index contributed by atoms with van der Waals surface area (Å²) in [5, 5.41) is 3.11. The minimum atomic E-state index is -0.774. The number of benzene rings is 2. The van der Waals surface area contributed by atoms with Gasteiger partial charge >= 0.3 is 11.9 Å². The Kier molecular flexibility index (Phi) is 7.55. The van der Waals surface area contributed by atoms with Gasteiger partial charge < -0.3 is 9.47 Å². The van der Waals surface area contributed by atoms with Gasteiger partial charge in [-0.2, -0.15) is 0 Å². The Morgan fingerprint density at radius 3 is 2.04 bits per heavy atom. The zero-order valence-electron chi connectivity index (χ0n) is 16.1. The van der Waals surface area contributed by atoms with Gasteiger partial charge in [0.1, 0.15) is 18.2 Å². The standard InChI is InChI=1S/C22H27NO4/c1-22(2,3)27-20(24)14-19(23-15-17-10-6-4-7-11-17)21(25)26-16-18-12-8-5-9-13-18/h4-13,19,23H,14-16H2,1-3H3/t19-/m0/s1. The molecule has 0 unspecified atom stereocenters. The topological polar surface area (TPSA) is 64.6 Å². The van der Waals surface area contributed by atoms with Crippen LogP contribution in [0.4, 0.5) is 0 Å². The maximum Gasteiger partial charge on any atom is 0.324 e. The highest BCUT2D eigenvalue weighted by Crippen LogP contribution is 2.11. The molecular formula is C22H27NO4. The van der Waals surface area contributed by atoms with Gasteiger partial charge in [0.05, 0.1) is 6.42 Å². The third-order valence-corrected chi connectivity index (χ3v) is 3.69. The zero-order valence-corrected chi connectivity index (χ0v) is 16.1. The zero-order chi connectivity index (χ0) is 19.7. The average Bonchev–Trinajstić information content (AvgIpc) is 2.63. The molecule has 1 atom stereocenters. The highest BCUT2D eigenvalue weighted by molar-refractivity contribution is 5.82. The van der Waals surface area contributed by atoms with Crippen molar-refractivity contribution in [1.82, 2.24) is 5.32 Å². The molecule has 0 aromatic heterocycles. The predicted molar refractivity (Wildman–Crippen MR) is 104 cm³/mol. The van der Waals surface area contributed by atoms with Crippen LogP contribution in [0.5, 0.6) is 0 Å². The van der Waals surface area contributed by atoms with Crippen molar-refractivity contribution in [2.24, 2.45) is 0 Å². The monoisotopic (exact) mass is 369 g/mol. The summed E-state index contributed by atoms with van der Waals surface area (Å²) in [6, 6.07) is 18.3. The van der Waals surface area contributed by atoms with E-state index in [4.69, 9.17) is 9.47 Å². The van der Waals surface area contributed by atoms with Crippen LogP contribution < -0.4 is 5.32 Å². The summed E-state index contributed by atoms with van der Waals surface area (Å²) in [5.41, 5.74) is 1.31. The van der Waals surface area contributed by atoms with E-state index in [1.54, 1.807) is 20.8 Å². The molecule has 2 aromatic rings. The molecule has 144 valence electrons. The van der Waals surface area contributed by atoms with Crippen molar-refractivity contribution in [3.8, 4) is 0 Å². The molecule has 0 fully saturated rings. The third kappa shape index (κ3) is 8.05. The number of carbonyl (C=O) groups excluding carboxylic acids is 2. The van der Waals surface area contributed by atoms with Gasteiger partial charge in [0, 0.05) is 6.54 Å². The highest BCUT2D eigenvalue weighted by atomic mass is 16.6. The van der Waals surface area contributed by atoms with Crippen LogP contribution >= 0.6 is 0 Å². The van der Waals surface area contributed by atoms with E-state index >= 15 is 0 Å². The number of carbonyl (C=O) groups is 2. The fourth-order valence-electron chi connectivity index (χ4n) is 2.45. The molecule has 0 aliphatic rings. The average molecular weight is 369 g/mol. The molecule has 0 spiro atoms. The van der Waals surface area contributed by atoms with Gasteiger partial charge in [0.2, 0.25) is 0 Å². The first kappa shape index (κ1) is 20.6.